The van der Waals surface area contributed by atoms with Gasteiger partial charge >= 0.3 is 0 Å². The first-order valence-electron chi connectivity index (χ1n) is 4.20. The highest BCUT2D eigenvalue weighted by Crippen LogP contribution is 2.00. The molecule has 1 rings (SSSR count). The summed E-state index contributed by atoms with van der Waals surface area (Å²) in [7, 11) is 0. The van der Waals surface area contributed by atoms with Gasteiger partial charge in [-0.2, -0.15) is 0 Å². The summed E-state index contributed by atoms with van der Waals surface area (Å²) in [5.41, 5.74) is 6.55. The van der Waals surface area contributed by atoms with Gasteiger partial charge in [0.15, 0.2) is 6.61 Å². The van der Waals surface area contributed by atoms with E-state index in [0.717, 1.165) is 5.56 Å². The first-order chi connectivity index (χ1) is 6.70. The van der Waals surface area contributed by atoms with Gasteiger partial charge in [0.2, 0.25) is 0 Å². The molecular formula is C10H12N2O2. The molecule has 1 amide bonds. The highest BCUT2D eigenvalue weighted by molar-refractivity contribution is 5.98. The fourth-order valence-corrected chi connectivity index (χ4v) is 0.925. The Hall–Kier alpha value is -1.84. The maximum absolute atomic E-state index is 10.3. The fraction of sp³-hybridized carbons (Fsp3) is 0.200. The van der Waals surface area contributed by atoms with Crippen LogP contribution in [-0.2, 0) is 9.63 Å². The number of oxime groups is 1. The van der Waals surface area contributed by atoms with Crippen LogP contribution in [0.3, 0.4) is 0 Å². The molecule has 0 spiro atoms. The lowest BCUT2D eigenvalue weighted by Crippen LogP contribution is -2.16. The summed E-state index contributed by atoms with van der Waals surface area (Å²) >= 11 is 0. The Bertz CT molecular complexity index is 333. The van der Waals surface area contributed by atoms with Crippen molar-refractivity contribution < 1.29 is 9.63 Å². The van der Waals surface area contributed by atoms with Crippen LogP contribution in [0, 0.1) is 0 Å². The molecule has 0 bridgehead atoms. The van der Waals surface area contributed by atoms with Gasteiger partial charge in [-0.05, 0) is 12.5 Å². The van der Waals surface area contributed by atoms with Gasteiger partial charge in [0.05, 0.1) is 5.71 Å². The second kappa shape index (κ2) is 5.01. The summed E-state index contributed by atoms with van der Waals surface area (Å²) in [6.07, 6.45) is 0. The van der Waals surface area contributed by atoms with Crippen LogP contribution in [0.5, 0.6) is 0 Å². The second-order valence-corrected chi connectivity index (χ2v) is 2.78. The lowest BCUT2D eigenvalue weighted by Gasteiger charge is -1.99. The lowest BCUT2D eigenvalue weighted by molar-refractivity contribution is -0.122. The normalized spacial score (nSPS) is 11.1. The van der Waals surface area contributed by atoms with Gasteiger partial charge < -0.3 is 10.6 Å². The minimum atomic E-state index is -0.533. The first-order valence-corrected chi connectivity index (χ1v) is 4.20. The van der Waals surface area contributed by atoms with Gasteiger partial charge in [0.25, 0.3) is 5.91 Å². The van der Waals surface area contributed by atoms with E-state index in [0.29, 0.717) is 5.71 Å². The molecule has 4 heteroatoms. The van der Waals surface area contributed by atoms with Gasteiger partial charge in [-0.3, -0.25) is 4.79 Å². The minimum absolute atomic E-state index is 0.190. The number of hydrogen-bond donors (Lipinski definition) is 1. The average molecular weight is 192 g/mol. The molecule has 0 atom stereocenters. The van der Waals surface area contributed by atoms with E-state index in [1.807, 2.05) is 30.3 Å². The Labute approximate surface area is 82.4 Å². The molecule has 1 aromatic carbocycles. The molecule has 4 nitrogen and oxygen atoms in total. The number of benzene rings is 1. The highest BCUT2D eigenvalue weighted by Gasteiger charge is 1.97. The van der Waals surface area contributed by atoms with E-state index in [1.54, 1.807) is 6.92 Å². The van der Waals surface area contributed by atoms with Crippen molar-refractivity contribution in [1.82, 2.24) is 0 Å². The van der Waals surface area contributed by atoms with E-state index < -0.39 is 5.91 Å². The van der Waals surface area contributed by atoms with Gasteiger partial charge in [-0.1, -0.05) is 35.5 Å². The minimum Gasteiger partial charge on any atom is -0.385 e. The molecule has 0 aliphatic rings. The lowest BCUT2D eigenvalue weighted by atomic mass is 10.1. The third-order valence-corrected chi connectivity index (χ3v) is 1.60. The highest BCUT2D eigenvalue weighted by atomic mass is 16.6. The molecule has 0 saturated heterocycles. The molecule has 74 valence electrons. The zero-order valence-corrected chi connectivity index (χ0v) is 7.93. The van der Waals surface area contributed by atoms with Gasteiger partial charge in [-0.15, -0.1) is 0 Å². The number of nitrogens with two attached hydrogens (primary N) is 1. The van der Waals surface area contributed by atoms with Gasteiger partial charge in [-0.25, -0.2) is 0 Å². The van der Waals surface area contributed by atoms with Crippen LogP contribution in [0.4, 0.5) is 0 Å². The Morgan fingerprint density at radius 3 is 2.64 bits per heavy atom. The van der Waals surface area contributed by atoms with Crippen molar-refractivity contribution in [3.05, 3.63) is 35.9 Å². The summed E-state index contributed by atoms with van der Waals surface area (Å²) in [5, 5.41) is 3.75. The van der Waals surface area contributed by atoms with E-state index in [2.05, 4.69) is 5.16 Å². The quantitative estimate of drug-likeness (QED) is 0.569. The molecule has 0 aliphatic heterocycles. The summed E-state index contributed by atoms with van der Waals surface area (Å²) in [6, 6.07) is 9.55. The fourth-order valence-electron chi connectivity index (χ4n) is 0.925. The van der Waals surface area contributed by atoms with Crippen molar-refractivity contribution in [3.8, 4) is 0 Å². The standard InChI is InChI=1S/C10H12N2O2/c1-8(12-14-7-10(11)13)9-5-3-2-4-6-9/h2-6H,7H2,1H3,(H2,11,13). The van der Waals surface area contributed by atoms with Crippen molar-refractivity contribution in [2.45, 2.75) is 6.92 Å². The molecule has 1 aromatic rings. The number of amides is 1. The average Bonchev–Trinajstić information content (AvgIpc) is 2.18. The Morgan fingerprint density at radius 1 is 1.43 bits per heavy atom. The number of carbonyl (C=O) groups excluding carboxylic acids is 1. The molecule has 0 heterocycles. The Balaban J connectivity index is 2.57. The van der Waals surface area contributed by atoms with Crippen LogP contribution in [0.1, 0.15) is 12.5 Å². The second-order valence-electron chi connectivity index (χ2n) is 2.78. The van der Waals surface area contributed by atoms with Crippen LogP contribution in [0.2, 0.25) is 0 Å². The van der Waals surface area contributed by atoms with E-state index in [9.17, 15) is 4.79 Å². The molecule has 0 unspecified atom stereocenters. The predicted molar refractivity (Wildman–Crippen MR) is 53.8 cm³/mol. The van der Waals surface area contributed by atoms with E-state index in [-0.39, 0.29) is 6.61 Å². The largest absolute Gasteiger partial charge is 0.385 e. The van der Waals surface area contributed by atoms with E-state index >= 15 is 0 Å². The summed E-state index contributed by atoms with van der Waals surface area (Å²) < 4.78 is 0. The van der Waals surface area contributed by atoms with Crippen LogP contribution < -0.4 is 5.73 Å². The Morgan fingerprint density at radius 2 is 2.07 bits per heavy atom. The molecule has 0 aromatic heterocycles. The van der Waals surface area contributed by atoms with Crippen LogP contribution in [0.25, 0.3) is 0 Å². The zero-order chi connectivity index (χ0) is 10.4. The Kier molecular flexibility index (Phi) is 3.67. The van der Waals surface area contributed by atoms with E-state index in [4.69, 9.17) is 10.6 Å². The molecule has 0 fully saturated rings. The van der Waals surface area contributed by atoms with Crippen molar-refractivity contribution in [3.63, 3.8) is 0 Å². The first kappa shape index (κ1) is 10.2. The SMILES string of the molecule is CC(=NOCC(N)=O)c1ccccc1. The van der Waals surface area contributed by atoms with Crippen LogP contribution in [0.15, 0.2) is 35.5 Å². The molecular weight excluding hydrogens is 180 g/mol. The molecule has 0 saturated carbocycles. The third-order valence-electron chi connectivity index (χ3n) is 1.60. The third kappa shape index (κ3) is 3.26. The van der Waals surface area contributed by atoms with Crippen molar-refractivity contribution >= 4 is 11.6 Å². The predicted octanol–water partition coefficient (Wildman–Crippen LogP) is 0.912. The molecule has 0 aliphatic carbocycles. The number of primary amides is 1. The monoisotopic (exact) mass is 192 g/mol. The molecule has 2 N–H and O–H groups in total. The topological polar surface area (TPSA) is 64.7 Å². The van der Waals surface area contributed by atoms with Crippen LogP contribution in [-0.4, -0.2) is 18.2 Å². The van der Waals surface area contributed by atoms with E-state index in [1.165, 1.54) is 0 Å². The van der Waals surface area contributed by atoms with Crippen molar-refractivity contribution in [2.24, 2.45) is 10.9 Å². The van der Waals surface area contributed by atoms with Crippen molar-refractivity contribution in [2.75, 3.05) is 6.61 Å². The summed E-state index contributed by atoms with van der Waals surface area (Å²) in [5.74, 6) is -0.533. The smallest absolute Gasteiger partial charge is 0.258 e. The van der Waals surface area contributed by atoms with Gasteiger partial charge in [0, 0.05) is 0 Å². The maximum atomic E-state index is 10.3. The number of hydrogen-bond acceptors (Lipinski definition) is 3. The number of rotatable bonds is 4. The molecule has 14 heavy (non-hydrogen) atoms. The molecule has 0 radical (unpaired) electrons. The van der Waals surface area contributed by atoms with Gasteiger partial charge in [0.1, 0.15) is 0 Å². The number of carbonyl (C=O) groups is 1. The number of nitrogens with zero attached hydrogens (tertiary/aromatic N) is 1. The van der Waals surface area contributed by atoms with Crippen molar-refractivity contribution in [1.29, 1.82) is 0 Å². The maximum Gasteiger partial charge on any atom is 0.258 e. The summed E-state index contributed by atoms with van der Waals surface area (Å²) in [6.45, 7) is 1.61. The zero-order valence-electron chi connectivity index (χ0n) is 7.93. The summed E-state index contributed by atoms with van der Waals surface area (Å²) in [4.78, 5) is 15.1. The van der Waals surface area contributed by atoms with Crippen LogP contribution >= 0.6 is 0 Å².